The van der Waals surface area contributed by atoms with Crippen LogP contribution < -0.4 is 9.88 Å². The van der Waals surface area contributed by atoms with Gasteiger partial charge >= 0.3 is 0 Å². The number of hydrogen-bond donors (Lipinski definition) is 0. The number of hydrogen-bond acceptors (Lipinski definition) is 2. The van der Waals surface area contributed by atoms with Crippen molar-refractivity contribution in [2.75, 3.05) is 10.7 Å². The fourth-order valence-corrected chi connectivity index (χ4v) is 3.55. The quantitative estimate of drug-likeness (QED) is 0.853. The van der Waals surface area contributed by atoms with E-state index in [-0.39, 0.29) is 11.3 Å². The summed E-state index contributed by atoms with van der Waals surface area (Å²) in [5, 5.41) is 0.658. The molecule has 1 N–H and O–H groups in total. The molecule has 1 fully saturated rings. The van der Waals surface area contributed by atoms with Crippen molar-refractivity contribution < 1.29 is 9.78 Å². The van der Waals surface area contributed by atoms with Gasteiger partial charge in [0.05, 0.1) is 5.75 Å². The first kappa shape index (κ1) is 13.5. The molecule has 1 aromatic carbocycles. The van der Waals surface area contributed by atoms with E-state index >= 15 is 0 Å². The maximum absolute atomic E-state index is 12.2. The van der Waals surface area contributed by atoms with Gasteiger partial charge in [0.2, 0.25) is 11.6 Å². The van der Waals surface area contributed by atoms with E-state index in [4.69, 9.17) is 11.6 Å². The van der Waals surface area contributed by atoms with Crippen molar-refractivity contribution in [3.63, 3.8) is 0 Å². The number of amides is 1. The second kappa shape index (κ2) is 5.46. The molecule has 0 aliphatic carbocycles. The van der Waals surface area contributed by atoms with Gasteiger partial charge in [-0.3, -0.25) is 9.69 Å². The van der Waals surface area contributed by atoms with Crippen LogP contribution in [0.2, 0.25) is 5.02 Å². The molecule has 3 rings (SSSR count). The Morgan fingerprint density at radius 2 is 2.20 bits per heavy atom. The van der Waals surface area contributed by atoms with Crippen molar-refractivity contribution in [1.82, 2.24) is 0 Å². The van der Waals surface area contributed by atoms with Gasteiger partial charge in [0, 0.05) is 22.8 Å². The minimum absolute atomic E-state index is 0.0255. The summed E-state index contributed by atoms with van der Waals surface area (Å²) in [6.45, 7) is 1.95. The first-order valence-electron chi connectivity index (χ1n) is 6.33. The van der Waals surface area contributed by atoms with Crippen LogP contribution in [0.3, 0.4) is 0 Å². The highest BCUT2D eigenvalue weighted by atomic mass is 35.5. The van der Waals surface area contributed by atoms with Gasteiger partial charge in [-0.25, -0.2) is 4.98 Å². The molecule has 2 heterocycles. The van der Waals surface area contributed by atoms with Crippen LogP contribution in [0.5, 0.6) is 0 Å². The summed E-state index contributed by atoms with van der Waals surface area (Å²) in [6.07, 6.45) is 1.87. The van der Waals surface area contributed by atoms with Crippen LogP contribution >= 0.6 is 23.4 Å². The number of pyridine rings is 1. The second-order valence-corrected chi connectivity index (χ2v) is 6.15. The lowest BCUT2D eigenvalue weighted by atomic mass is 10.2. The molecule has 1 aromatic heterocycles. The number of rotatable bonds is 2. The molecule has 3 nitrogen and oxygen atoms in total. The van der Waals surface area contributed by atoms with Crippen LogP contribution in [-0.2, 0) is 4.79 Å². The Kier molecular flexibility index (Phi) is 3.68. The van der Waals surface area contributed by atoms with E-state index in [1.54, 1.807) is 11.8 Å². The Morgan fingerprint density at radius 1 is 1.35 bits per heavy atom. The fraction of sp³-hybridized carbons (Fsp3) is 0.200. The number of carbonyl (C=O) groups is 1. The number of H-pyrrole nitrogens is 1. The molecule has 1 aliphatic rings. The highest BCUT2D eigenvalue weighted by Crippen LogP contribution is 2.40. The van der Waals surface area contributed by atoms with E-state index in [1.165, 1.54) is 0 Å². The van der Waals surface area contributed by atoms with Crippen LogP contribution in [-0.4, -0.2) is 11.7 Å². The van der Waals surface area contributed by atoms with Gasteiger partial charge in [0.1, 0.15) is 0 Å². The van der Waals surface area contributed by atoms with Crippen LogP contribution in [0.4, 0.5) is 5.69 Å². The number of benzene rings is 1. The Morgan fingerprint density at radius 3 is 2.90 bits per heavy atom. The Bertz CT molecular complexity index is 648. The van der Waals surface area contributed by atoms with Gasteiger partial charge in [-0.1, -0.05) is 17.7 Å². The third-order valence-corrected chi connectivity index (χ3v) is 4.90. The van der Waals surface area contributed by atoms with Gasteiger partial charge in [0.15, 0.2) is 11.6 Å². The van der Waals surface area contributed by atoms with E-state index in [1.807, 2.05) is 54.4 Å². The molecule has 20 heavy (non-hydrogen) atoms. The lowest BCUT2D eigenvalue weighted by Crippen LogP contribution is -2.30. The number of nitrogens with zero attached hydrogens (tertiary/aromatic N) is 1. The van der Waals surface area contributed by atoms with Crippen molar-refractivity contribution in [3.05, 3.63) is 58.9 Å². The second-order valence-electron chi connectivity index (χ2n) is 4.68. The van der Waals surface area contributed by atoms with Gasteiger partial charge in [-0.15, -0.1) is 11.8 Å². The zero-order valence-electron chi connectivity index (χ0n) is 11.0. The summed E-state index contributed by atoms with van der Waals surface area (Å²) in [5.41, 5.74) is 2.87. The van der Waals surface area contributed by atoms with E-state index in [0.717, 1.165) is 16.9 Å². The third-order valence-electron chi connectivity index (χ3n) is 3.30. The number of nitrogens with one attached hydrogen (secondary N) is 1. The summed E-state index contributed by atoms with van der Waals surface area (Å²) < 4.78 is 0. The average Bonchev–Trinajstić information content (AvgIpc) is 2.85. The van der Waals surface area contributed by atoms with Crippen molar-refractivity contribution >= 4 is 35.0 Å². The minimum Gasteiger partial charge on any atom is -0.289 e. The first-order chi connectivity index (χ1) is 9.66. The van der Waals surface area contributed by atoms with Crippen molar-refractivity contribution in [1.29, 1.82) is 0 Å². The van der Waals surface area contributed by atoms with Crippen LogP contribution in [0.25, 0.3) is 0 Å². The molecule has 0 spiro atoms. The zero-order chi connectivity index (χ0) is 14.1. The summed E-state index contributed by atoms with van der Waals surface area (Å²) >= 11 is 7.80. The lowest BCUT2D eigenvalue weighted by Gasteiger charge is -2.21. The number of aryl methyl sites for hydroxylation is 1. The summed E-state index contributed by atoms with van der Waals surface area (Å²) in [7, 11) is 0. The summed E-state index contributed by atoms with van der Waals surface area (Å²) in [5.74, 6) is 0.594. The smallest absolute Gasteiger partial charge is 0.238 e. The lowest BCUT2D eigenvalue weighted by molar-refractivity contribution is -0.390. The number of thioether (sulfide) groups is 1. The Hall–Kier alpha value is -1.52. The van der Waals surface area contributed by atoms with Gasteiger partial charge in [-0.05, 0) is 30.7 Å². The van der Waals surface area contributed by atoms with Gasteiger partial charge in [0.25, 0.3) is 0 Å². The van der Waals surface area contributed by atoms with Crippen molar-refractivity contribution in [2.45, 2.75) is 12.3 Å². The number of halogens is 1. The van der Waals surface area contributed by atoms with E-state index in [0.29, 0.717) is 10.8 Å². The highest BCUT2D eigenvalue weighted by molar-refractivity contribution is 8.00. The molecule has 1 aliphatic heterocycles. The molecular formula is C15H14ClN2OS+. The molecular weight excluding hydrogens is 292 g/mol. The molecule has 0 radical (unpaired) electrons. The largest absolute Gasteiger partial charge is 0.289 e. The SMILES string of the molecule is Cc1ccc(N2C(=O)CSC2c2cccc[nH+]2)cc1Cl. The number of aromatic nitrogens is 1. The molecule has 1 unspecified atom stereocenters. The monoisotopic (exact) mass is 305 g/mol. The predicted octanol–water partition coefficient (Wildman–Crippen LogP) is 3.24. The third kappa shape index (κ3) is 2.41. The van der Waals surface area contributed by atoms with Crippen molar-refractivity contribution in [3.8, 4) is 0 Å². The van der Waals surface area contributed by atoms with Crippen LogP contribution in [0.1, 0.15) is 16.6 Å². The molecule has 1 saturated heterocycles. The summed E-state index contributed by atoms with van der Waals surface area (Å²) in [4.78, 5) is 17.2. The highest BCUT2D eigenvalue weighted by Gasteiger charge is 2.37. The number of carbonyl (C=O) groups excluding carboxylic acids is 1. The maximum Gasteiger partial charge on any atom is 0.238 e. The molecule has 5 heteroatoms. The van der Waals surface area contributed by atoms with Crippen molar-refractivity contribution in [2.24, 2.45) is 0 Å². The average molecular weight is 306 g/mol. The minimum atomic E-state index is -0.0255. The normalized spacial score (nSPS) is 18.6. The molecule has 2 aromatic rings. The topological polar surface area (TPSA) is 34.5 Å². The molecule has 0 saturated carbocycles. The van der Waals surface area contributed by atoms with Gasteiger partial charge in [-0.2, -0.15) is 0 Å². The zero-order valence-corrected chi connectivity index (χ0v) is 12.5. The molecule has 0 bridgehead atoms. The Labute approximate surface area is 127 Å². The first-order valence-corrected chi connectivity index (χ1v) is 7.76. The van der Waals surface area contributed by atoms with Gasteiger partial charge < -0.3 is 0 Å². The fourth-order valence-electron chi connectivity index (χ4n) is 2.23. The summed E-state index contributed by atoms with van der Waals surface area (Å²) in [6, 6.07) is 11.6. The number of aromatic amines is 1. The van der Waals surface area contributed by atoms with E-state index < -0.39 is 0 Å². The van der Waals surface area contributed by atoms with Crippen LogP contribution in [0.15, 0.2) is 42.6 Å². The standard InChI is InChI=1S/C15H13ClN2OS/c1-10-5-6-11(8-12(10)16)18-14(19)9-20-15(18)13-4-2-3-7-17-13/h2-8,15H,9H2,1H3/p+1. The predicted molar refractivity (Wildman–Crippen MR) is 81.9 cm³/mol. The number of anilines is 1. The van der Waals surface area contributed by atoms with E-state index in [2.05, 4.69) is 4.98 Å². The van der Waals surface area contributed by atoms with Crippen LogP contribution in [0, 0.1) is 6.92 Å². The molecule has 102 valence electrons. The van der Waals surface area contributed by atoms with E-state index in [9.17, 15) is 4.79 Å². The Balaban J connectivity index is 2.00. The molecule has 1 atom stereocenters. The maximum atomic E-state index is 12.2. The molecule has 1 amide bonds.